The van der Waals surface area contributed by atoms with Crippen LogP contribution in [0.2, 0.25) is 0 Å². The Balaban J connectivity index is 2.16. The molecule has 0 aliphatic heterocycles. The summed E-state index contributed by atoms with van der Waals surface area (Å²) in [4.78, 5) is 0. The van der Waals surface area contributed by atoms with Crippen LogP contribution in [0.25, 0.3) is 0 Å². The van der Waals surface area contributed by atoms with Gasteiger partial charge in [-0.1, -0.05) is 15.9 Å². The summed E-state index contributed by atoms with van der Waals surface area (Å²) in [6.07, 6.45) is 2.12. The molecule has 1 N–H and O–H groups in total. The van der Waals surface area contributed by atoms with E-state index in [-0.39, 0.29) is 0 Å². The van der Waals surface area contributed by atoms with Crippen LogP contribution in [0.4, 0.5) is 5.69 Å². The van der Waals surface area contributed by atoms with Crippen molar-refractivity contribution < 1.29 is 0 Å². The second kappa shape index (κ2) is 5.61. The second-order valence-electron chi connectivity index (χ2n) is 4.55. The molecule has 1 aromatic heterocycles. The molecule has 2 aromatic rings. The van der Waals surface area contributed by atoms with Crippen LogP contribution in [0.15, 0.2) is 34.9 Å². The average Bonchev–Trinajstić information content (AvgIpc) is 2.75. The smallest absolute Gasteiger partial charge is 0.0553 e. The van der Waals surface area contributed by atoms with E-state index in [4.69, 9.17) is 0 Å². The Morgan fingerprint density at radius 2 is 1.89 bits per heavy atom. The Morgan fingerprint density at radius 3 is 2.50 bits per heavy atom. The molecule has 0 atom stereocenters. The van der Waals surface area contributed by atoms with Crippen LogP contribution in [-0.2, 0) is 13.1 Å². The van der Waals surface area contributed by atoms with Gasteiger partial charge in [0.15, 0.2) is 0 Å². The lowest BCUT2D eigenvalue weighted by Crippen LogP contribution is -2.07. The van der Waals surface area contributed by atoms with Gasteiger partial charge in [0, 0.05) is 28.6 Å². The number of rotatable bonds is 4. The molecule has 0 saturated heterocycles. The fraction of sp³-hybridized carbons (Fsp3) is 0.333. The first-order valence-corrected chi connectivity index (χ1v) is 7.05. The van der Waals surface area contributed by atoms with Crippen molar-refractivity contribution >= 4 is 21.6 Å². The van der Waals surface area contributed by atoms with Crippen molar-refractivity contribution in [1.82, 2.24) is 4.57 Å². The predicted molar refractivity (Wildman–Crippen MR) is 81.0 cm³/mol. The van der Waals surface area contributed by atoms with Gasteiger partial charge in [-0.05, 0) is 56.2 Å². The van der Waals surface area contributed by atoms with Gasteiger partial charge < -0.3 is 9.88 Å². The van der Waals surface area contributed by atoms with Crippen molar-refractivity contribution in [2.75, 3.05) is 5.32 Å². The van der Waals surface area contributed by atoms with Gasteiger partial charge in [-0.3, -0.25) is 0 Å². The molecule has 0 radical (unpaired) electrons. The fourth-order valence-corrected chi connectivity index (χ4v) is 2.97. The normalized spacial score (nSPS) is 10.7. The van der Waals surface area contributed by atoms with Crippen molar-refractivity contribution in [3.63, 3.8) is 0 Å². The largest absolute Gasteiger partial charge is 0.379 e. The molecule has 2 nitrogen and oxygen atoms in total. The molecule has 2 rings (SSSR count). The summed E-state index contributed by atoms with van der Waals surface area (Å²) in [6, 6.07) is 8.56. The molecule has 0 saturated carbocycles. The lowest BCUT2D eigenvalue weighted by atomic mass is 10.1. The Kier molecular flexibility index (Phi) is 4.12. The summed E-state index contributed by atoms with van der Waals surface area (Å²) in [5.41, 5.74) is 5.11. The zero-order valence-corrected chi connectivity index (χ0v) is 12.7. The minimum Gasteiger partial charge on any atom is -0.379 e. The van der Waals surface area contributed by atoms with Crippen molar-refractivity contribution in [3.8, 4) is 0 Å². The quantitative estimate of drug-likeness (QED) is 0.880. The third kappa shape index (κ3) is 2.78. The number of aromatic nitrogens is 1. The van der Waals surface area contributed by atoms with E-state index in [1.807, 2.05) is 0 Å². The molecule has 96 valence electrons. The Labute approximate surface area is 117 Å². The lowest BCUT2D eigenvalue weighted by Gasteiger charge is -2.14. The molecule has 1 aromatic carbocycles. The number of hydrogen-bond donors (Lipinski definition) is 1. The van der Waals surface area contributed by atoms with E-state index in [2.05, 4.69) is 77.0 Å². The number of nitrogens with one attached hydrogen (secondary N) is 1. The topological polar surface area (TPSA) is 17.0 Å². The lowest BCUT2D eigenvalue weighted by molar-refractivity contribution is 0.724. The fourth-order valence-electron chi connectivity index (χ4n) is 2.29. The molecule has 0 unspecified atom stereocenters. The summed E-state index contributed by atoms with van der Waals surface area (Å²) in [5.74, 6) is 0. The number of nitrogens with zero attached hydrogens (tertiary/aromatic N) is 1. The number of halogens is 1. The van der Waals surface area contributed by atoms with Gasteiger partial charge in [-0.15, -0.1) is 0 Å². The monoisotopic (exact) mass is 306 g/mol. The molecule has 0 aliphatic rings. The summed E-state index contributed by atoms with van der Waals surface area (Å²) in [6.45, 7) is 8.32. The van der Waals surface area contributed by atoms with Gasteiger partial charge in [0.25, 0.3) is 0 Å². The molecule has 1 heterocycles. The van der Waals surface area contributed by atoms with E-state index in [1.165, 1.54) is 22.5 Å². The number of anilines is 1. The highest BCUT2D eigenvalue weighted by Gasteiger charge is 2.05. The number of aryl methyl sites for hydroxylation is 3. The van der Waals surface area contributed by atoms with Gasteiger partial charge in [0.05, 0.1) is 6.54 Å². The van der Waals surface area contributed by atoms with E-state index in [1.54, 1.807) is 0 Å². The highest BCUT2D eigenvalue weighted by atomic mass is 79.9. The van der Waals surface area contributed by atoms with Gasteiger partial charge in [-0.25, -0.2) is 0 Å². The van der Waals surface area contributed by atoms with Crippen molar-refractivity contribution in [2.24, 2.45) is 0 Å². The molecule has 18 heavy (non-hydrogen) atoms. The molecular weight excluding hydrogens is 288 g/mol. The van der Waals surface area contributed by atoms with Crippen LogP contribution in [0.1, 0.15) is 23.7 Å². The molecule has 0 amide bonds. The summed E-state index contributed by atoms with van der Waals surface area (Å²) < 4.78 is 3.40. The first kappa shape index (κ1) is 13.2. The van der Waals surface area contributed by atoms with E-state index < -0.39 is 0 Å². The minimum absolute atomic E-state index is 0.865. The van der Waals surface area contributed by atoms with Crippen LogP contribution < -0.4 is 5.32 Å². The van der Waals surface area contributed by atoms with Crippen molar-refractivity contribution in [1.29, 1.82) is 0 Å². The second-order valence-corrected chi connectivity index (χ2v) is 5.47. The van der Waals surface area contributed by atoms with E-state index in [0.717, 1.165) is 17.6 Å². The SMILES string of the molecule is CCn1cccc1CNc1c(C)cc(Br)cc1C. The highest BCUT2D eigenvalue weighted by Crippen LogP contribution is 2.25. The Hall–Kier alpha value is -1.22. The first-order valence-electron chi connectivity index (χ1n) is 6.26. The maximum Gasteiger partial charge on any atom is 0.0553 e. The summed E-state index contributed by atoms with van der Waals surface area (Å²) in [7, 11) is 0. The van der Waals surface area contributed by atoms with Gasteiger partial charge >= 0.3 is 0 Å². The van der Waals surface area contributed by atoms with Gasteiger partial charge in [0.1, 0.15) is 0 Å². The molecule has 0 fully saturated rings. The molecule has 0 bridgehead atoms. The van der Waals surface area contributed by atoms with Crippen LogP contribution >= 0.6 is 15.9 Å². The average molecular weight is 307 g/mol. The molecular formula is C15H19BrN2. The summed E-state index contributed by atoms with van der Waals surface area (Å²) in [5, 5.41) is 3.54. The van der Waals surface area contributed by atoms with Gasteiger partial charge in [-0.2, -0.15) is 0 Å². The Morgan fingerprint density at radius 1 is 1.22 bits per heavy atom. The maximum absolute atomic E-state index is 3.54. The number of hydrogen-bond acceptors (Lipinski definition) is 1. The van der Waals surface area contributed by atoms with Crippen molar-refractivity contribution in [2.45, 2.75) is 33.9 Å². The van der Waals surface area contributed by atoms with Crippen LogP contribution in [-0.4, -0.2) is 4.57 Å². The first-order chi connectivity index (χ1) is 8.61. The third-order valence-corrected chi connectivity index (χ3v) is 3.67. The van der Waals surface area contributed by atoms with E-state index in [9.17, 15) is 0 Å². The molecule has 0 aliphatic carbocycles. The predicted octanol–water partition coefficient (Wildman–Crippen LogP) is 4.50. The van der Waals surface area contributed by atoms with Crippen molar-refractivity contribution in [3.05, 3.63) is 51.8 Å². The van der Waals surface area contributed by atoms with Gasteiger partial charge in [0.2, 0.25) is 0 Å². The van der Waals surface area contributed by atoms with Crippen LogP contribution in [0.3, 0.4) is 0 Å². The highest BCUT2D eigenvalue weighted by molar-refractivity contribution is 9.10. The van der Waals surface area contributed by atoms with Crippen LogP contribution in [0.5, 0.6) is 0 Å². The zero-order chi connectivity index (χ0) is 13.1. The summed E-state index contributed by atoms with van der Waals surface area (Å²) >= 11 is 3.53. The maximum atomic E-state index is 3.54. The molecule has 0 spiro atoms. The van der Waals surface area contributed by atoms with Crippen LogP contribution in [0, 0.1) is 13.8 Å². The number of benzene rings is 1. The van der Waals surface area contributed by atoms with E-state index >= 15 is 0 Å². The standard InChI is InChI=1S/C15H19BrN2/c1-4-18-7-5-6-14(18)10-17-15-11(2)8-13(16)9-12(15)3/h5-9,17H,4,10H2,1-3H3. The minimum atomic E-state index is 0.865. The Bertz CT molecular complexity index is 520. The molecule has 3 heteroatoms. The zero-order valence-electron chi connectivity index (χ0n) is 11.1. The third-order valence-electron chi connectivity index (χ3n) is 3.21. The van der Waals surface area contributed by atoms with E-state index in [0.29, 0.717) is 0 Å².